The second-order valence-electron chi connectivity index (χ2n) is 5.13. The summed E-state index contributed by atoms with van der Waals surface area (Å²) in [5.74, 6) is 0.721. The van der Waals surface area contributed by atoms with Gasteiger partial charge in [0.1, 0.15) is 5.75 Å². The number of unbranched alkanes of at least 4 members (excludes halogenated alkanes) is 1. The lowest BCUT2D eigenvalue weighted by molar-refractivity contribution is -0.118. The molecule has 21 heavy (non-hydrogen) atoms. The first-order chi connectivity index (χ1) is 10.3. The fourth-order valence-corrected chi connectivity index (χ4v) is 2.31. The number of piperidine rings is 1. The minimum absolute atomic E-state index is 0.0105. The van der Waals surface area contributed by atoms with Crippen molar-refractivity contribution in [1.82, 2.24) is 5.32 Å². The summed E-state index contributed by atoms with van der Waals surface area (Å²) in [6, 6.07) is 9.35. The number of nitrogens with one attached hydrogen (secondary N) is 2. The van der Waals surface area contributed by atoms with Gasteiger partial charge < -0.3 is 15.4 Å². The molecule has 1 aromatic rings. The molecule has 1 heterocycles. The topological polar surface area (TPSA) is 74.1 Å². The van der Waals surface area contributed by atoms with Crippen LogP contribution >= 0.6 is 0 Å². The van der Waals surface area contributed by atoms with Crippen LogP contribution in [0.3, 0.4) is 0 Å². The zero-order valence-corrected chi connectivity index (χ0v) is 12.1. The van der Waals surface area contributed by atoms with Gasteiger partial charge in [-0.15, -0.1) is 0 Å². The summed E-state index contributed by atoms with van der Waals surface area (Å²) in [4.78, 5) is 12.1. The largest absolute Gasteiger partial charge is 0.493 e. The smallest absolute Gasteiger partial charge is 0.241 e. The van der Waals surface area contributed by atoms with E-state index in [0.717, 1.165) is 31.5 Å². The van der Waals surface area contributed by atoms with Gasteiger partial charge in [-0.25, -0.2) is 0 Å². The van der Waals surface area contributed by atoms with Gasteiger partial charge in [0.05, 0.1) is 18.7 Å². The van der Waals surface area contributed by atoms with E-state index in [1.165, 1.54) is 0 Å². The molecule has 5 heteroatoms. The summed E-state index contributed by atoms with van der Waals surface area (Å²) in [6.07, 6.45) is 4.31. The molecule has 0 bridgehead atoms. The van der Waals surface area contributed by atoms with Crippen molar-refractivity contribution in [2.24, 2.45) is 0 Å². The molecule has 0 aliphatic carbocycles. The van der Waals surface area contributed by atoms with Crippen LogP contribution in [-0.2, 0) is 4.79 Å². The SMILES string of the molecule is N#CCCCOc1cccc(NC(=O)C2CCCCN2)c1. The third-order valence-electron chi connectivity index (χ3n) is 3.43. The molecule has 1 unspecified atom stereocenters. The van der Waals surface area contributed by atoms with E-state index in [4.69, 9.17) is 10.00 Å². The van der Waals surface area contributed by atoms with E-state index in [1.54, 1.807) is 0 Å². The summed E-state index contributed by atoms with van der Waals surface area (Å²) in [7, 11) is 0. The van der Waals surface area contributed by atoms with Gasteiger partial charge in [-0.3, -0.25) is 4.79 Å². The maximum absolute atomic E-state index is 12.1. The molecule has 0 aromatic heterocycles. The van der Waals surface area contributed by atoms with Crippen molar-refractivity contribution < 1.29 is 9.53 Å². The molecule has 1 aliphatic rings. The Hall–Kier alpha value is -2.06. The van der Waals surface area contributed by atoms with Crippen molar-refractivity contribution in [1.29, 1.82) is 5.26 Å². The number of ether oxygens (including phenoxy) is 1. The number of rotatable bonds is 6. The fourth-order valence-electron chi connectivity index (χ4n) is 2.31. The Balaban J connectivity index is 1.85. The highest BCUT2D eigenvalue weighted by Crippen LogP contribution is 2.18. The van der Waals surface area contributed by atoms with Crippen molar-refractivity contribution in [2.75, 3.05) is 18.5 Å². The number of hydrogen-bond acceptors (Lipinski definition) is 4. The molecular formula is C16H21N3O2. The third-order valence-corrected chi connectivity index (χ3v) is 3.43. The van der Waals surface area contributed by atoms with Crippen molar-refractivity contribution >= 4 is 11.6 Å². The number of anilines is 1. The first kappa shape index (κ1) is 15.3. The van der Waals surface area contributed by atoms with Crippen LogP contribution in [0.2, 0.25) is 0 Å². The van der Waals surface area contributed by atoms with Crippen molar-refractivity contribution in [3.63, 3.8) is 0 Å². The molecule has 112 valence electrons. The molecule has 5 nitrogen and oxygen atoms in total. The van der Waals surface area contributed by atoms with Crippen LogP contribution in [0, 0.1) is 11.3 Å². The molecule has 2 rings (SSSR count). The molecule has 0 radical (unpaired) electrons. The van der Waals surface area contributed by atoms with Gasteiger partial charge in [0.25, 0.3) is 0 Å². The lowest BCUT2D eigenvalue weighted by atomic mass is 10.0. The second-order valence-corrected chi connectivity index (χ2v) is 5.13. The number of benzene rings is 1. The summed E-state index contributed by atoms with van der Waals surface area (Å²) in [5.41, 5.74) is 0.741. The van der Waals surface area contributed by atoms with Gasteiger partial charge in [-0.2, -0.15) is 5.26 Å². The molecule has 1 fully saturated rings. The zero-order valence-electron chi connectivity index (χ0n) is 12.1. The summed E-state index contributed by atoms with van der Waals surface area (Å²) in [5, 5.41) is 14.6. The molecule has 1 amide bonds. The predicted octanol–water partition coefficient (Wildman–Crippen LogP) is 2.45. The van der Waals surface area contributed by atoms with Gasteiger partial charge in [-0.05, 0) is 37.9 Å². The Kier molecular flexibility index (Phi) is 6.04. The lowest BCUT2D eigenvalue weighted by Gasteiger charge is -2.22. The van der Waals surface area contributed by atoms with Crippen LogP contribution in [0.25, 0.3) is 0 Å². The van der Waals surface area contributed by atoms with E-state index in [2.05, 4.69) is 16.7 Å². The Bertz CT molecular complexity index is 504. The Labute approximate surface area is 125 Å². The third kappa shape index (κ3) is 5.09. The number of carbonyl (C=O) groups is 1. The van der Waals surface area contributed by atoms with Crippen LogP contribution in [0.5, 0.6) is 5.75 Å². The maximum atomic E-state index is 12.1. The van der Waals surface area contributed by atoms with E-state index in [9.17, 15) is 4.79 Å². The van der Waals surface area contributed by atoms with Gasteiger partial charge in [-0.1, -0.05) is 12.5 Å². The average Bonchev–Trinajstić information content (AvgIpc) is 2.53. The molecule has 1 aliphatic heterocycles. The van der Waals surface area contributed by atoms with Crippen molar-refractivity contribution in [2.45, 2.75) is 38.1 Å². The van der Waals surface area contributed by atoms with E-state index < -0.39 is 0 Å². The van der Waals surface area contributed by atoms with Crippen LogP contribution in [0.15, 0.2) is 24.3 Å². The summed E-state index contributed by atoms with van der Waals surface area (Å²) >= 11 is 0. The van der Waals surface area contributed by atoms with Crippen LogP contribution < -0.4 is 15.4 Å². The highest BCUT2D eigenvalue weighted by molar-refractivity contribution is 5.95. The minimum atomic E-state index is -0.0982. The Morgan fingerprint density at radius 2 is 2.38 bits per heavy atom. The average molecular weight is 287 g/mol. The molecular weight excluding hydrogens is 266 g/mol. The van der Waals surface area contributed by atoms with Gasteiger partial charge in [0, 0.05) is 18.2 Å². The van der Waals surface area contributed by atoms with E-state index in [-0.39, 0.29) is 11.9 Å². The Morgan fingerprint density at radius 1 is 1.48 bits per heavy atom. The van der Waals surface area contributed by atoms with Crippen molar-refractivity contribution in [3.05, 3.63) is 24.3 Å². The highest BCUT2D eigenvalue weighted by Gasteiger charge is 2.20. The van der Waals surface area contributed by atoms with Gasteiger partial charge >= 0.3 is 0 Å². The van der Waals surface area contributed by atoms with Crippen LogP contribution in [0.4, 0.5) is 5.69 Å². The second kappa shape index (κ2) is 8.28. The standard InChI is InChI=1S/C16H21N3O2/c17-9-2-4-11-21-14-7-5-6-13(12-14)19-16(20)15-8-1-3-10-18-15/h5-7,12,15,18H,1-4,8,10-11H2,(H,19,20). The first-order valence-electron chi connectivity index (χ1n) is 7.43. The van der Waals surface area contributed by atoms with E-state index in [1.807, 2.05) is 24.3 Å². The van der Waals surface area contributed by atoms with E-state index in [0.29, 0.717) is 25.2 Å². The number of nitrogens with zero attached hydrogens (tertiary/aromatic N) is 1. The molecule has 2 N–H and O–H groups in total. The lowest BCUT2D eigenvalue weighted by Crippen LogP contribution is -2.43. The van der Waals surface area contributed by atoms with Crippen LogP contribution in [-0.4, -0.2) is 25.1 Å². The quantitative estimate of drug-likeness (QED) is 0.788. The summed E-state index contributed by atoms with van der Waals surface area (Å²) < 4.78 is 5.56. The number of carbonyl (C=O) groups excluding carboxylic acids is 1. The maximum Gasteiger partial charge on any atom is 0.241 e. The first-order valence-corrected chi connectivity index (χ1v) is 7.43. The molecule has 0 spiro atoms. The molecule has 0 saturated carbocycles. The van der Waals surface area contributed by atoms with Gasteiger partial charge in [0.2, 0.25) is 5.91 Å². The highest BCUT2D eigenvalue weighted by atomic mass is 16.5. The number of hydrogen-bond donors (Lipinski definition) is 2. The zero-order chi connectivity index (χ0) is 14.9. The van der Waals surface area contributed by atoms with Crippen LogP contribution in [0.1, 0.15) is 32.1 Å². The summed E-state index contributed by atoms with van der Waals surface area (Å²) in [6.45, 7) is 1.41. The minimum Gasteiger partial charge on any atom is -0.493 e. The van der Waals surface area contributed by atoms with E-state index >= 15 is 0 Å². The number of nitriles is 1. The predicted molar refractivity (Wildman–Crippen MR) is 81.1 cm³/mol. The molecule has 1 aromatic carbocycles. The fraction of sp³-hybridized carbons (Fsp3) is 0.500. The monoisotopic (exact) mass is 287 g/mol. The number of amides is 1. The van der Waals surface area contributed by atoms with Gasteiger partial charge in [0.15, 0.2) is 0 Å². The molecule has 1 atom stereocenters. The normalized spacial score (nSPS) is 17.8. The molecule has 1 saturated heterocycles. The van der Waals surface area contributed by atoms with Crippen molar-refractivity contribution in [3.8, 4) is 11.8 Å². The Morgan fingerprint density at radius 3 is 3.14 bits per heavy atom.